The smallest absolute Gasteiger partial charge is 0.326 e. The molecule has 0 radical (unpaired) electrons. The van der Waals surface area contributed by atoms with Crippen molar-refractivity contribution in [2.45, 2.75) is 13.0 Å². The zero-order chi connectivity index (χ0) is 13.1. The van der Waals surface area contributed by atoms with Crippen LogP contribution in [-0.2, 0) is 4.79 Å². The molecule has 0 heterocycles. The summed E-state index contributed by atoms with van der Waals surface area (Å²) in [5.74, 6) is -0.881. The number of nitrogens with zero attached hydrogens (tertiary/aromatic N) is 1. The number of benzene rings is 2. The van der Waals surface area contributed by atoms with Crippen LogP contribution in [0, 0.1) is 0 Å². The second-order valence-electron chi connectivity index (χ2n) is 4.16. The van der Waals surface area contributed by atoms with E-state index in [1.807, 2.05) is 42.5 Å². The lowest BCUT2D eigenvalue weighted by atomic mass is 10.1. The van der Waals surface area contributed by atoms with Gasteiger partial charge in [-0.25, -0.2) is 4.79 Å². The second kappa shape index (κ2) is 5.06. The Morgan fingerprint density at radius 1 is 1.28 bits per heavy atom. The van der Waals surface area contributed by atoms with Gasteiger partial charge in [0.05, 0.1) is 6.67 Å². The van der Waals surface area contributed by atoms with Gasteiger partial charge in [0, 0.05) is 11.1 Å². The lowest BCUT2D eigenvalue weighted by Gasteiger charge is -2.28. The third-order valence-corrected chi connectivity index (χ3v) is 3.10. The fourth-order valence-electron chi connectivity index (χ4n) is 2.06. The van der Waals surface area contributed by atoms with Crippen LogP contribution >= 0.6 is 0 Å². The van der Waals surface area contributed by atoms with E-state index in [1.165, 1.54) is 0 Å². The molecule has 4 nitrogen and oxygen atoms in total. The van der Waals surface area contributed by atoms with Gasteiger partial charge >= 0.3 is 5.97 Å². The Morgan fingerprint density at radius 2 is 1.94 bits per heavy atom. The Kier molecular flexibility index (Phi) is 3.48. The third kappa shape index (κ3) is 2.15. The van der Waals surface area contributed by atoms with Crippen molar-refractivity contribution in [3.63, 3.8) is 0 Å². The number of hydrogen-bond donors (Lipinski definition) is 2. The van der Waals surface area contributed by atoms with Gasteiger partial charge in [0.1, 0.15) is 6.04 Å². The molecule has 4 heteroatoms. The number of hydrogen-bond acceptors (Lipinski definition) is 3. The van der Waals surface area contributed by atoms with E-state index < -0.39 is 12.0 Å². The van der Waals surface area contributed by atoms with Gasteiger partial charge in [-0.1, -0.05) is 36.4 Å². The van der Waals surface area contributed by atoms with Gasteiger partial charge in [0.25, 0.3) is 0 Å². The number of carboxylic acid groups (broad SMARTS) is 1. The van der Waals surface area contributed by atoms with E-state index in [4.69, 9.17) is 10.8 Å². The minimum atomic E-state index is -0.881. The predicted octanol–water partition coefficient (Wildman–Crippen LogP) is 2.04. The van der Waals surface area contributed by atoms with Crippen molar-refractivity contribution in [2.75, 3.05) is 11.6 Å². The lowest BCUT2D eigenvalue weighted by Crippen LogP contribution is -2.42. The summed E-state index contributed by atoms with van der Waals surface area (Å²) >= 11 is 0. The normalized spacial score (nSPS) is 12.3. The van der Waals surface area contributed by atoms with Crippen LogP contribution in [0.1, 0.15) is 6.92 Å². The summed E-state index contributed by atoms with van der Waals surface area (Å²) in [4.78, 5) is 12.8. The van der Waals surface area contributed by atoms with Gasteiger partial charge in [-0.3, -0.25) is 0 Å². The van der Waals surface area contributed by atoms with Crippen LogP contribution in [0.3, 0.4) is 0 Å². The van der Waals surface area contributed by atoms with Gasteiger partial charge in [0.15, 0.2) is 0 Å². The van der Waals surface area contributed by atoms with Crippen LogP contribution in [-0.4, -0.2) is 23.8 Å². The fourth-order valence-corrected chi connectivity index (χ4v) is 2.06. The molecule has 0 aliphatic heterocycles. The number of nitrogens with two attached hydrogens (primary N) is 1. The summed E-state index contributed by atoms with van der Waals surface area (Å²) in [5.41, 5.74) is 6.55. The molecule has 0 bridgehead atoms. The fraction of sp³-hybridized carbons (Fsp3) is 0.214. The first-order chi connectivity index (χ1) is 8.65. The molecule has 0 amide bonds. The van der Waals surface area contributed by atoms with E-state index in [0.29, 0.717) is 0 Å². The Hall–Kier alpha value is -2.07. The highest BCUT2D eigenvalue weighted by molar-refractivity contribution is 5.95. The molecular weight excluding hydrogens is 228 g/mol. The summed E-state index contributed by atoms with van der Waals surface area (Å²) in [5, 5.41) is 11.2. The topological polar surface area (TPSA) is 66.6 Å². The van der Waals surface area contributed by atoms with Crippen LogP contribution < -0.4 is 10.6 Å². The number of carboxylic acids is 1. The first-order valence-electron chi connectivity index (χ1n) is 5.82. The van der Waals surface area contributed by atoms with Crippen LogP contribution in [0.15, 0.2) is 42.5 Å². The molecule has 1 atom stereocenters. The molecule has 2 rings (SSSR count). The number of fused-ring (bicyclic) bond motifs is 1. The van der Waals surface area contributed by atoms with Crippen molar-refractivity contribution in [3.05, 3.63) is 42.5 Å². The van der Waals surface area contributed by atoms with Crippen molar-refractivity contribution >= 4 is 22.4 Å². The van der Waals surface area contributed by atoms with Crippen molar-refractivity contribution in [2.24, 2.45) is 5.73 Å². The van der Waals surface area contributed by atoms with Gasteiger partial charge in [0.2, 0.25) is 0 Å². The van der Waals surface area contributed by atoms with Crippen LogP contribution in [0.4, 0.5) is 5.69 Å². The lowest BCUT2D eigenvalue weighted by molar-refractivity contribution is -0.138. The largest absolute Gasteiger partial charge is 0.480 e. The molecule has 2 aromatic carbocycles. The molecule has 3 N–H and O–H groups in total. The maximum atomic E-state index is 11.1. The summed E-state index contributed by atoms with van der Waals surface area (Å²) < 4.78 is 0. The number of rotatable bonds is 4. The minimum absolute atomic E-state index is 0.168. The summed E-state index contributed by atoms with van der Waals surface area (Å²) in [6, 6.07) is 13.0. The van der Waals surface area contributed by atoms with Crippen LogP contribution in [0.5, 0.6) is 0 Å². The average molecular weight is 244 g/mol. The molecule has 0 aromatic heterocycles. The minimum Gasteiger partial charge on any atom is -0.480 e. The average Bonchev–Trinajstić information content (AvgIpc) is 2.39. The van der Waals surface area contributed by atoms with Crippen molar-refractivity contribution in [1.82, 2.24) is 0 Å². The monoisotopic (exact) mass is 244 g/mol. The first kappa shape index (κ1) is 12.4. The molecule has 0 saturated carbocycles. The standard InChI is InChI=1S/C14H16N2O2/c1-10(14(17)18)16(9-15)13-8-4-6-11-5-2-3-7-12(11)13/h2-8,10H,9,15H2,1H3,(H,17,18)/t10-/m0/s1. The maximum absolute atomic E-state index is 11.1. The van der Waals surface area contributed by atoms with E-state index in [9.17, 15) is 4.79 Å². The molecule has 0 spiro atoms. The molecule has 2 aromatic rings. The van der Waals surface area contributed by atoms with Crippen LogP contribution in [0.2, 0.25) is 0 Å². The number of anilines is 1. The molecular formula is C14H16N2O2. The molecule has 18 heavy (non-hydrogen) atoms. The maximum Gasteiger partial charge on any atom is 0.326 e. The number of carbonyl (C=O) groups is 1. The van der Waals surface area contributed by atoms with E-state index >= 15 is 0 Å². The molecule has 0 saturated heterocycles. The van der Waals surface area contributed by atoms with Crippen molar-refractivity contribution in [1.29, 1.82) is 0 Å². The Bertz CT molecular complexity index is 563. The highest BCUT2D eigenvalue weighted by Gasteiger charge is 2.20. The van der Waals surface area contributed by atoms with E-state index in [-0.39, 0.29) is 6.67 Å². The zero-order valence-electron chi connectivity index (χ0n) is 10.2. The van der Waals surface area contributed by atoms with Crippen molar-refractivity contribution in [3.8, 4) is 0 Å². The van der Waals surface area contributed by atoms with E-state index in [2.05, 4.69) is 0 Å². The highest BCUT2D eigenvalue weighted by atomic mass is 16.4. The molecule has 0 aliphatic rings. The van der Waals surface area contributed by atoms with Crippen molar-refractivity contribution < 1.29 is 9.90 Å². The van der Waals surface area contributed by atoms with E-state index in [0.717, 1.165) is 16.5 Å². The summed E-state index contributed by atoms with van der Waals surface area (Å²) in [6.07, 6.45) is 0. The van der Waals surface area contributed by atoms with Gasteiger partial charge in [-0.2, -0.15) is 0 Å². The first-order valence-corrected chi connectivity index (χ1v) is 5.82. The SMILES string of the molecule is C[C@@H](C(=O)O)N(CN)c1cccc2ccccc12. The van der Waals surface area contributed by atoms with Crippen LogP contribution in [0.25, 0.3) is 10.8 Å². The number of aliphatic carboxylic acids is 1. The quantitative estimate of drug-likeness (QED) is 0.808. The molecule has 0 unspecified atom stereocenters. The Balaban J connectivity index is 2.55. The third-order valence-electron chi connectivity index (χ3n) is 3.10. The summed E-state index contributed by atoms with van der Waals surface area (Å²) in [7, 11) is 0. The van der Waals surface area contributed by atoms with Gasteiger partial charge < -0.3 is 15.7 Å². The molecule has 94 valence electrons. The highest BCUT2D eigenvalue weighted by Crippen LogP contribution is 2.27. The predicted molar refractivity (Wildman–Crippen MR) is 72.6 cm³/mol. The molecule has 0 aliphatic carbocycles. The zero-order valence-corrected chi connectivity index (χ0v) is 10.2. The van der Waals surface area contributed by atoms with Gasteiger partial charge in [-0.15, -0.1) is 0 Å². The van der Waals surface area contributed by atoms with Gasteiger partial charge in [-0.05, 0) is 18.4 Å². The Labute approximate surface area is 106 Å². The van der Waals surface area contributed by atoms with E-state index in [1.54, 1.807) is 11.8 Å². The molecule has 0 fully saturated rings. The second-order valence-corrected chi connectivity index (χ2v) is 4.16. The summed E-state index contributed by atoms with van der Waals surface area (Å²) in [6.45, 7) is 1.80. The Morgan fingerprint density at radius 3 is 2.61 bits per heavy atom.